The molecular formula is C25H38N4O4S. The molecule has 2 aromatic rings. The lowest BCUT2D eigenvalue weighted by Gasteiger charge is -2.26. The Bertz CT molecular complexity index is 1140. The number of rotatable bonds is 6. The predicted octanol–water partition coefficient (Wildman–Crippen LogP) is 3.30. The van der Waals surface area contributed by atoms with Crippen molar-refractivity contribution in [2.45, 2.75) is 76.8 Å². The average Bonchev–Trinajstić information content (AvgIpc) is 3.40. The molecule has 9 heteroatoms. The van der Waals surface area contributed by atoms with Crippen LogP contribution >= 0.6 is 0 Å². The van der Waals surface area contributed by atoms with Crippen molar-refractivity contribution in [2.24, 2.45) is 11.8 Å². The van der Waals surface area contributed by atoms with Crippen LogP contribution in [-0.4, -0.2) is 60.5 Å². The monoisotopic (exact) mass is 490 g/mol. The number of carbonyl (C=O) groups excluding carboxylic acids is 1. The summed E-state index contributed by atoms with van der Waals surface area (Å²) in [5, 5.41) is 2.90. The summed E-state index contributed by atoms with van der Waals surface area (Å²) in [5.74, 6) is 1.10. The molecule has 0 aliphatic carbocycles. The molecule has 1 aromatic heterocycles. The van der Waals surface area contributed by atoms with Crippen molar-refractivity contribution in [3.8, 4) is 0 Å². The first kappa shape index (κ1) is 25.1. The minimum Gasteiger partial charge on any atom is -0.381 e. The normalized spacial score (nSPS) is 20.9. The van der Waals surface area contributed by atoms with Gasteiger partial charge in [-0.2, -0.15) is 4.31 Å². The largest absolute Gasteiger partial charge is 0.381 e. The van der Waals surface area contributed by atoms with Crippen molar-refractivity contribution in [1.29, 1.82) is 0 Å². The highest BCUT2D eigenvalue weighted by atomic mass is 32.2. The van der Waals surface area contributed by atoms with E-state index in [-0.39, 0.29) is 34.7 Å². The Morgan fingerprint density at radius 3 is 2.56 bits per heavy atom. The number of nitrogens with one attached hydrogen (secondary N) is 1. The maximum absolute atomic E-state index is 13.4. The van der Waals surface area contributed by atoms with Crippen molar-refractivity contribution < 1.29 is 17.9 Å². The molecule has 0 bridgehead atoms. The number of carbonyl (C=O) groups is 1. The Hall–Kier alpha value is -1.97. The molecule has 0 spiro atoms. The highest BCUT2D eigenvalue weighted by molar-refractivity contribution is 7.89. The van der Waals surface area contributed by atoms with Crippen LogP contribution in [0, 0.1) is 11.8 Å². The lowest BCUT2D eigenvalue weighted by atomic mass is 9.94. The van der Waals surface area contributed by atoms with E-state index in [0.717, 1.165) is 43.9 Å². The maximum atomic E-state index is 13.4. The molecule has 34 heavy (non-hydrogen) atoms. The molecule has 1 unspecified atom stereocenters. The number of nitrogens with zero attached hydrogens (tertiary/aromatic N) is 3. The molecule has 2 aliphatic rings. The highest BCUT2D eigenvalue weighted by Gasteiger charge is 2.36. The number of fused-ring (bicyclic) bond motifs is 1. The Kier molecular flexibility index (Phi) is 7.09. The van der Waals surface area contributed by atoms with Gasteiger partial charge in [-0.25, -0.2) is 13.4 Å². The number of sulfonamides is 1. The molecule has 1 amide bonds. The highest BCUT2D eigenvalue weighted by Crippen LogP contribution is 2.32. The van der Waals surface area contributed by atoms with Gasteiger partial charge in [0, 0.05) is 44.3 Å². The number of hydrogen-bond donors (Lipinski definition) is 1. The van der Waals surface area contributed by atoms with Crippen LogP contribution in [0.5, 0.6) is 0 Å². The third kappa shape index (κ3) is 5.16. The summed E-state index contributed by atoms with van der Waals surface area (Å²) in [4.78, 5) is 17.5. The second-order valence-corrected chi connectivity index (χ2v) is 13.0. The smallest absolute Gasteiger partial charge is 0.243 e. The molecule has 0 radical (unpaired) electrons. The minimum absolute atomic E-state index is 0.0359. The van der Waals surface area contributed by atoms with Gasteiger partial charge in [-0.1, -0.05) is 20.8 Å². The van der Waals surface area contributed by atoms with E-state index in [1.54, 1.807) is 12.1 Å². The zero-order valence-electron chi connectivity index (χ0n) is 21.0. The maximum Gasteiger partial charge on any atom is 0.243 e. The van der Waals surface area contributed by atoms with Gasteiger partial charge in [-0.05, 0) is 57.2 Å². The fourth-order valence-electron chi connectivity index (χ4n) is 4.93. The van der Waals surface area contributed by atoms with Crippen LogP contribution in [-0.2, 0) is 31.5 Å². The van der Waals surface area contributed by atoms with E-state index in [4.69, 9.17) is 9.72 Å². The molecule has 8 nitrogen and oxygen atoms in total. The van der Waals surface area contributed by atoms with Gasteiger partial charge in [-0.3, -0.25) is 4.79 Å². The molecule has 1 aromatic carbocycles. The predicted molar refractivity (Wildman–Crippen MR) is 132 cm³/mol. The van der Waals surface area contributed by atoms with Gasteiger partial charge >= 0.3 is 0 Å². The fourth-order valence-corrected chi connectivity index (χ4v) is 6.45. The van der Waals surface area contributed by atoms with E-state index in [1.165, 1.54) is 4.31 Å². The van der Waals surface area contributed by atoms with E-state index < -0.39 is 10.0 Å². The number of ether oxygens (including phenoxy) is 1. The van der Waals surface area contributed by atoms with Gasteiger partial charge in [0.1, 0.15) is 5.82 Å². The number of hydrogen-bond acceptors (Lipinski definition) is 5. The molecule has 2 aliphatic heterocycles. The Labute approximate surface area is 203 Å². The summed E-state index contributed by atoms with van der Waals surface area (Å²) in [7, 11) is -3.70. The Morgan fingerprint density at radius 1 is 1.21 bits per heavy atom. The second-order valence-electron chi connectivity index (χ2n) is 11.0. The Balaban J connectivity index is 1.62. The lowest BCUT2D eigenvalue weighted by Crippen LogP contribution is -2.37. The molecule has 4 rings (SSSR count). The third-order valence-electron chi connectivity index (χ3n) is 6.76. The first-order valence-corrected chi connectivity index (χ1v) is 13.8. The van der Waals surface area contributed by atoms with Crippen LogP contribution in [0.2, 0.25) is 0 Å². The summed E-state index contributed by atoms with van der Waals surface area (Å²) in [5.41, 5.74) is 1.49. The number of imidazole rings is 1. The standard InChI is InChI=1S/C25H38N4O4S/c1-17(2)26-23(30)19-8-11-28(16-19)34(31,32)20-6-7-22-21(14-20)27-24(25(3,4)5)29(22)15-18-9-12-33-13-10-18/h6-7,14,17-19H,8-13,15-16H2,1-5H3,(H,26,30). The van der Waals surface area contributed by atoms with Crippen LogP contribution < -0.4 is 5.32 Å². The minimum atomic E-state index is -3.70. The first-order chi connectivity index (χ1) is 16.0. The van der Waals surface area contributed by atoms with Gasteiger partial charge in [0.2, 0.25) is 15.9 Å². The summed E-state index contributed by atoms with van der Waals surface area (Å²) in [6, 6.07) is 5.31. The lowest BCUT2D eigenvalue weighted by molar-refractivity contribution is -0.125. The third-order valence-corrected chi connectivity index (χ3v) is 8.62. The van der Waals surface area contributed by atoms with Crippen LogP contribution in [0.1, 0.15) is 59.7 Å². The van der Waals surface area contributed by atoms with Crippen molar-refractivity contribution in [3.05, 3.63) is 24.0 Å². The van der Waals surface area contributed by atoms with Gasteiger partial charge in [-0.15, -0.1) is 0 Å². The van der Waals surface area contributed by atoms with E-state index in [9.17, 15) is 13.2 Å². The molecule has 188 valence electrons. The van der Waals surface area contributed by atoms with E-state index in [2.05, 4.69) is 30.7 Å². The molecule has 1 N–H and O–H groups in total. The van der Waals surface area contributed by atoms with Crippen molar-refractivity contribution in [2.75, 3.05) is 26.3 Å². The SMILES string of the molecule is CC(C)NC(=O)C1CCN(S(=O)(=O)c2ccc3c(c2)nc(C(C)(C)C)n3CC2CCOCC2)C1. The molecular weight excluding hydrogens is 452 g/mol. The van der Waals surface area contributed by atoms with Crippen molar-refractivity contribution in [1.82, 2.24) is 19.2 Å². The number of amides is 1. The molecule has 1 atom stereocenters. The molecule has 2 fully saturated rings. The topological polar surface area (TPSA) is 93.5 Å². The van der Waals surface area contributed by atoms with Gasteiger partial charge < -0.3 is 14.6 Å². The van der Waals surface area contributed by atoms with Crippen LogP contribution in [0.3, 0.4) is 0 Å². The number of benzene rings is 1. The van der Waals surface area contributed by atoms with E-state index in [0.29, 0.717) is 24.4 Å². The van der Waals surface area contributed by atoms with Gasteiger partial charge in [0.15, 0.2) is 0 Å². The van der Waals surface area contributed by atoms with Crippen molar-refractivity contribution in [3.63, 3.8) is 0 Å². The quantitative estimate of drug-likeness (QED) is 0.671. The van der Waals surface area contributed by atoms with Crippen LogP contribution in [0.25, 0.3) is 11.0 Å². The fraction of sp³-hybridized carbons (Fsp3) is 0.680. The first-order valence-electron chi connectivity index (χ1n) is 12.4. The van der Waals surface area contributed by atoms with Gasteiger partial charge in [0.05, 0.1) is 21.8 Å². The number of aromatic nitrogens is 2. The summed E-state index contributed by atoms with van der Waals surface area (Å²) >= 11 is 0. The second kappa shape index (κ2) is 9.59. The zero-order chi connectivity index (χ0) is 24.7. The average molecular weight is 491 g/mol. The zero-order valence-corrected chi connectivity index (χ0v) is 21.8. The molecule has 0 saturated carbocycles. The molecule has 2 saturated heterocycles. The Morgan fingerprint density at radius 2 is 1.91 bits per heavy atom. The molecule has 3 heterocycles. The van der Waals surface area contributed by atoms with Crippen LogP contribution in [0.15, 0.2) is 23.1 Å². The summed E-state index contributed by atoms with van der Waals surface area (Å²) in [6.45, 7) is 13.2. The van der Waals surface area contributed by atoms with Gasteiger partial charge in [0.25, 0.3) is 0 Å². The van der Waals surface area contributed by atoms with E-state index in [1.807, 2.05) is 19.9 Å². The van der Waals surface area contributed by atoms with E-state index >= 15 is 0 Å². The summed E-state index contributed by atoms with van der Waals surface area (Å²) in [6.07, 6.45) is 2.58. The summed E-state index contributed by atoms with van der Waals surface area (Å²) < 4.78 is 36.1. The van der Waals surface area contributed by atoms with Crippen molar-refractivity contribution >= 4 is 27.0 Å². The van der Waals surface area contributed by atoms with Crippen LogP contribution in [0.4, 0.5) is 0 Å².